The number of allylic oxidation sites excluding steroid dienone is 3. The van der Waals surface area contributed by atoms with Gasteiger partial charge in [0.15, 0.2) is 0 Å². The number of rotatable bonds is 9. The summed E-state index contributed by atoms with van der Waals surface area (Å²) in [6.45, 7) is 4.89. The fourth-order valence-corrected chi connectivity index (χ4v) is 3.34. The molecule has 0 bridgehead atoms. The van der Waals surface area contributed by atoms with Gasteiger partial charge in [0, 0.05) is 48.6 Å². The maximum atomic E-state index is 12.6. The van der Waals surface area contributed by atoms with Crippen molar-refractivity contribution in [1.82, 2.24) is 10.2 Å². The molecule has 2 rings (SSSR count). The van der Waals surface area contributed by atoms with Crippen LogP contribution in [-0.2, 0) is 14.4 Å². The molecule has 1 aliphatic heterocycles. The first-order chi connectivity index (χ1) is 14.3. The SMILES string of the molecule is COC(=O)C1=C(C)NC(C)=C(CC=NOCCN(C)C)C1c1cccc([N+](=O)[O-])c1. The van der Waals surface area contributed by atoms with E-state index >= 15 is 0 Å². The minimum atomic E-state index is -0.494. The first kappa shape index (κ1) is 23.1. The Morgan fingerprint density at radius 1 is 1.33 bits per heavy atom. The Kier molecular flexibility index (Phi) is 8.11. The van der Waals surface area contributed by atoms with Crippen molar-refractivity contribution in [3.63, 3.8) is 0 Å². The van der Waals surface area contributed by atoms with Crippen molar-refractivity contribution >= 4 is 17.9 Å². The third-order valence-corrected chi connectivity index (χ3v) is 4.81. The second kappa shape index (κ2) is 10.5. The molecule has 162 valence electrons. The molecule has 0 spiro atoms. The van der Waals surface area contributed by atoms with Crippen LogP contribution in [0.4, 0.5) is 5.69 Å². The van der Waals surface area contributed by atoms with Gasteiger partial charge in [-0.3, -0.25) is 10.1 Å². The molecule has 1 atom stereocenters. The molecule has 30 heavy (non-hydrogen) atoms. The summed E-state index contributed by atoms with van der Waals surface area (Å²) < 4.78 is 5.00. The topological polar surface area (TPSA) is 106 Å². The van der Waals surface area contributed by atoms with E-state index in [0.29, 0.717) is 29.9 Å². The van der Waals surface area contributed by atoms with E-state index in [9.17, 15) is 14.9 Å². The monoisotopic (exact) mass is 416 g/mol. The number of methoxy groups -OCH3 is 1. The number of ether oxygens (including phenoxy) is 1. The summed E-state index contributed by atoms with van der Waals surface area (Å²) >= 11 is 0. The van der Waals surface area contributed by atoms with Crippen LogP contribution in [0.15, 0.2) is 52.0 Å². The van der Waals surface area contributed by atoms with E-state index in [1.165, 1.54) is 19.2 Å². The molecule has 9 nitrogen and oxygen atoms in total. The van der Waals surface area contributed by atoms with Crippen molar-refractivity contribution in [1.29, 1.82) is 0 Å². The summed E-state index contributed by atoms with van der Waals surface area (Å²) in [5.74, 6) is -0.979. The van der Waals surface area contributed by atoms with Crippen molar-refractivity contribution in [2.24, 2.45) is 5.16 Å². The molecular weight excluding hydrogens is 388 g/mol. The van der Waals surface area contributed by atoms with Crippen LogP contribution in [0.1, 0.15) is 31.7 Å². The Balaban J connectivity index is 2.39. The lowest BCUT2D eigenvalue weighted by Crippen LogP contribution is -2.29. The van der Waals surface area contributed by atoms with Gasteiger partial charge < -0.3 is 19.8 Å². The zero-order chi connectivity index (χ0) is 22.3. The maximum Gasteiger partial charge on any atom is 0.336 e. The van der Waals surface area contributed by atoms with Crippen LogP contribution in [0.25, 0.3) is 0 Å². The number of nitrogens with zero attached hydrogens (tertiary/aromatic N) is 3. The minimum absolute atomic E-state index is 0.0365. The highest BCUT2D eigenvalue weighted by atomic mass is 16.6. The van der Waals surface area contributed by atoms with Crippen molar-refractivity contribution in [3.05, 3.63) is 62.5 Å². The van der Waals surface area contributed by atoms with E-state index in [2.05, 4.69) is 10.5 Å². The third kappa shape index (κ3) is 5.66. The molecule has 1 aliphatic rings. The highest BCUT2D eigenvalue weighted by Crippen LogP contribution is 2.40. The molecule has 0 aliphatic carbocycles. The standard InChI is InChI=1S/C21H28N4O5/c1-14-18(9-10-22-30-12-11-24(3)4)20(19(15(2)23-14)21(26)29-5)16-7-6-8-17(13-16)25(27)28/h6-8,10,13,20,23H,9,11-12H2,1-5H3. The highest BCUT2D eigenvalue weighted by Gasteiger charge is 2.33. The number of esters is 1. The molecule has 1 aromatic carbocycles. The zero-order valence-electron chi connectivity index (χ0n) is 18.0. The van der Waals surface area contributed by atoms with E-state index in [1.54, 1.807) is 25.3 Å². The average Bonchev–Trinajstić information content (AvgIpc) is 2.70. The number of nitrogens with one attached hydrogen (secondary N) is 1. The Morgan fingerprint density at radius 2 is 2.07 bits per heavy atom. The lowest BCUT2D eigenvalue weighted by atomic mass is 9.79. The van der Waals surface area contributed by atoms with Gasteiger partial charge in [-0.2, -0.15) is 0 Å². The molecule has 0 fully saturated rings. The number of nitro groups is 1. The quantitative estimate of drug-likeness (QED) is 0.217. The van der Waals surface area contributed by atoms with Gasteiger partial charge in [-0.05, 0) is 39.1 Å². The Bertz CT molecular complexity index is 889. The number of carbonyl (C=O) groups excluding carboxylic acids is 1. The first-order valence-corrected chi connectivity index (χ1v) is 9.54. The highest BCUT2D eigenvalue weighted by molar-refractivity contribution is 5.93. The number of hydrogen-bond donors (Lipinski definition) is 1. The molecule has 0 radical (unpaired) electrons. The molecule has 9 heteroatoms. The van der Waals surface area contributed by atoms with Crippen molar-refractivity contribution in [2.45, 2.75) is 26.2 Å². The molecule has 1 aromatic rings. The number of oxime groups is 1. The number of hydrogen-bond acceptors (Lipinski definition) is 8. The van der Waals surface area contributed by atoms with Crippen LogP contribution < -0.4 is 5.32 Å². The molecule has 1 heterocycles. The lowest BCUT2D eigenvalue weighted by molar-refractivity contribution is -0.384. The van der Waals surface area contributed by atoms with Crippen molar-refractivity contribution in [3.8, 4) is 0 Å². The summed E-state index contributed by atoms with van der Waals surface area (Å²) in [5.41, 5.74) is 3.39. The van der Waals surface area contributed by atoms with Crippen LogP contribution in [0.5, 0.6) is 0 Å². The molecule has 0 aromatic heterocycles. The van der Waals surface area contributed by atoms with E-state index in [4.69, 9.17) is 9.57 Å². The number of dihydropyridines is 1. The predicted molar refractivity (Wildman–Crippen MR) is 114 cm³/mol. The van der Waals surface area contributed by atoms with Crippen LogP contribution in [0.3, 0.4) is 0 Å². The third-order valence-electron chi connectivity index (χ3n) is 4.81. The van der Waals surface area contributed by atoms with Gasteiger partial charge in [-0.1, -0.05) is 17.3 Å². The smallest absolute Gasteiger partial charge is 0.336 e. The lowest BCUT2D eigenvalue weighted by Gasteiger charge is -2.31. The summed E-state index contributed by atoms with van der Waals surface area (Å²) in [5, 5.41) is 18.5. The fourth-order valence-electron chi connectivity index (χ4n) is 3.34. The first-order valence-electron chi connectivity index (χ1n) is 9.54. The van der Waals surface area contributed by atoms with E-state index < -0.39 is 16.8 Å². The Morgan fingerprint density at radius 3 is 2.70 bits per heavy atom. The van der Waals surface area contributed by atoms with E-state index in [1.807, 2.05) is 25.9 Å². The summed E-state index contributed by atoms with van der Waals surface area (Å²) in [7, 11) is 5.21. The van der Waals surface area contributed by atoms with Gasteiger partial charge in [0.2, 0.25) is 0 Å². The van der Waals surface area contributed by atoms with Crippen molar-refractivity contribution in [2.75, 3.05) is 34.4 Å². The van der Waals surface area contributed by atoms with E-state index in [0.717, 1.165) is 17.8 Å². The van der Waals surface area contributed by atoms with Crippen LogP contribution in [-0.4, -0.2) is 56.4 Å². The van der Waals surface area contributed by atoms with Gasteiger partial charge >= 0.3 is 5.97 Å². The van der Waals surface area contributed by atoms with Gasteiger partial charge in [0.05, 0.1) is 17.6 Å². The largest absolute Gasteiger partial charge is 0.466 e. The van der Waals surface area contributed by atoms with E-state index in [-0.39, 0.29) is 5.69 Å². The number of benzene rings is 1. The van der Waals surface area contributed by atoms with Gasteiger partial charge in [0.25, 0.3) is 5.69 Å². The zero-order valence-corrected chi connectivity index (χ0v) is 18.0. The van der Waals surface area contributed by atoms with Crippen LogP contribution >= 0.6 is 0 Å². The molecular formula is C21H28N4O5. The molecule has 1 N–H and O–H groups in total. The number of carbonyl (C=O) groups is 1. The second-order valence-corrected chi connectivity index (χ2v) is 7.22. The summed E-state index contributed by atoms with van der Waals surface area (Å²) in [6.07, 6.45) is 2.04. The number of non-ortho nitro benzene ring substituents is 1. The van der Waals surface area contributed by atoms with Crippen molar-refractivity contribution < 1.29 is 19.3 Å². The molecule has 0 saturated carbocycles. The van der Waals surface area contributed by atoms with Crippen LogP contribution in [0.2, 0.25) is 0 Å². The number of likely N-dealkylation sites (N-methyl/N-ethyl adjacent to an activating group) is 1. The second-order valence-electron chi connectivity index (χ2n) is 7.22. The van der Waals surface area contributed by atoms with Gasteiger partial charge in [-0.25, -0.2) is 4.79 Å². The molecule has 0 amide bonds. The summed E-state index contributed by atoms with van der Waals surface area (Å²) in [4.78, 5) is 30.7. The molecule has 1 unspecified atom stereocenters. The number of nitro benzene ring substituents is 1. The Labute approximate surface area is 176 Å². The normalized spacial score (nSPS) is 16.8. The summed E-state index contributed by atoms with van der Waals surface area (Å²) in [6, 6.07) is 6.31. The average molecular weight is 416 g/mol. The Hall–Kier alpha value is -3.20. The van der Waals surface area contributed by atoms with Crippen LogP contribution in [0, 0.1) is 10.1 Å². The minimum Gasteiger partial charge on any atom is -0.466 e. The predicted octanol–water partition coefficient (Wildman–Crippen LogP) is 2.96. The maximum absolute atomic E-state index is 12.6. The van der Waals surface area contributed by atoms with Gasteiger partial charge in [0.1, 0.15) is 6.61 Å². The fraction of sp³-hybridized carbons (Fsp3) is 0.429. The molecule has 0 saturated heterocycles. The van der Waals surface area contributed by atoms with Gasteiger partial charge in [-0.15, -0.1) is 0 Å².